The molecule has 1 saturated heterocycles. The summed E-state index contributed by atoms with van der Waals surface area (Å²) in [5.41, 5.74) is -2.73. The molecule has 0 N–H and O–H groups in total. The highest BCUT2D eigenvalue weighted by atomic mass is 19.4. The first-order valence-electron chi connectivity index (χ1n) is 11.8. The summed E-state index contributed by atoms with van der Waals surface area (Å²) in [5.74, 6) is -0.843. The van der Waals surface area contributed by atoms with Crippen molar-refractivity contribution in [2.24, 2.45) is 0 Å². The zero-order valence-electron chi connectivity index (χ0n) is 20.1. The van der Waals surface area contributed by atoms with Crippen LogP contribution in [-0.4, -0.2) is 79.5 Å². The Hall–Kier alpha value is -4.11. The van der Waals surface area contributed by atoms with Gasteiger partial charge in [-0.15, -0.1) is 5.10 Å². The van der Waals surface area contributed by atoms with Crippen LogP contribution in [0.5, 0.6) is 0 Å². The minimum Gasteiger partial charge on any atom is -0.461 e. The Balaban J connectivity index is 1.70. The fourth-order valence-electron chi connectivity index (χ4n) is 4.31. The molecule has 0 saturated carbocycles. The quantitative estimate of drug-likeness (QED) is 0.335. The van der Waals surface area contributed by atoms with Gasteiger partial charge in [-0.1, -0.05) is 5.21 Å². The van der Waals surface area contributed by atoms with Gasteiger partial charge in [0.25, 0.3) is 11.1 Å². The smallest absolute Gasteiger partial charge is 0.416 e. The minimum absolute atomic E-state index is 0.0516. The van der Waals surface area contributed by atoms with E-state index in [2.05, 4.69) is 20.3 Å². The molecule has 12 nitrogen and oxygen atoms in total. The summed E-state index contributed by atoms with van der Waals surface area (Å²) < 4.78 is 52.6. The van der Waals surface area contributed by atoms with Gasteiger partial charge in [-0.25, -0.2) is 9.31 Å². The second-order valence-corrected chi connectivity index (χ2v) is 8.47. The second-order valence-electron chi connectivity index (χ2n) is 8.47. The third kappa shape index (κ3) is 4.54. The lowest BCUT2D eigenvalue weighted by Crippen LogP contribution is -2.40. The van der Waals surface area contributed by atoms with Crippen molar-refractivity contribution >= 4 is 22.5 Å². The van der Waals surface area contributed by atoms with E-state index in [1.165, 1.54) is 10.8 Å². The lowest BCUT2D eigenvalue weighted by Gasteiger charge is -2.26. The van der Waals surface area contributed by atoms with E-state index < -0.39 is 28.8 Å². The third-order valence-corrected chi connectivity index (χ3v) is 6.20. The van der Waals surface area contributed by atoms with Gasteiger partial charge in [-0.05, 0) is 31.2 Å². The molecule has 3 aromatic heterocycles. The molecule has 1 fully saturated rings. The molecule has 0 amide bonds. The normalized spacial score (nSPS) is 14.8. The number of nitrogens with zero attached hydrogens (tertiary/aromatic N) is 7. The molecule has 0 spiro atoms. The minimum atomic E-state index is -4.55. The fraction of sp³-hybridized carbons (Fsp3) is 0.391. The van der Waals surface area contributed by atoms with Crippen molar-refractivity contribution in [1.82, 2.24) is 34.1 Å². The third-order valence-electron chi connectivity index (χ3n) is 6.20. The molecule has 0 atom stereocenters. The molecule has 1 aliphatic heterocycles. The molecule has 1 aromatic carbocycles. The lowest BCUT2D eigenvalue weighted by molar-refractivity contribution is -0.137. The van der Waals surface area contributed by atoms with E-state index >= 15 is 0 Å². The molecule has 5 rings (SSSR count). The highest BCUT2D eigenvalue weighted by Crippen LogP contribution is 2.29. The summed E-state index contributed by atoms with van der Waals surface area (Å²) >= 11 is 0. The van der Waals surface area contributed by atoms with Crippen molar-refractivity contribution in [3.05, 3.63) is 62.4 Å². The standard InChI is InChI=1S/C23H22F3N7O5/c1-2-38-22(36)17-19-20(34)31(8-7-30-9-11-37-12-10-30)18-16(33(19)29-28-17)13-27-32(21(18)35)15-5-3-14(4-6-15)23(24,25)26/h3-6,13H,2,7-12H2,1H3. The maximum atomic E-state index is 13.7. The Labute approximate surface area is 211 Å². The van der Waals surface area contributed by atoms with E-state index in [1.807, 2.05) is 0 Å². The first-order chi connectivity index (χ1) is 18.2. The van der Waals surface area contributed by atoms with Gasteiger partial charge >= 0.3 is 12.1 Å². The van der Waals surface area contributed by atoms with Gasteiger partial charge in [0, 0.05) is 26.2 Å². The molecule has 38 heavy (non-hydrogen) atoms. The topological polar surface area (TPSA) is 126 Å². The molecule has 0 bridgehead atoms. The molecule has 0 radical (unpaired) electrons. The first kappa shape index (κ1) is 25.5. The number of halogens is 3. The number of benzene rings is 1. The predicted molar refractivity (Wildman–Crippen MR) is 126 cm³/mol. The summed E-state index contributed by atoms with van der Waals surface area (Å²) in [5, 5.41) is 11.8. The number of carbonyl (C=O) groups is 1. The van der Waals surface area contributed by atoms with Crippen LogP contribution in [0, 0.1) is 0 Å². The predicted octanol–water partition coefficient (Wildman–Crippen LogP) is 1.12. The summed E-state index contributed by atoms with van der Waals surface area (Å²) in [6.07, 6.45) is -3.30. The first-order valence-corrected chi connectivity index (χ1v) is 11.8. The Morgan fingerprint density at radius 1 is 1.05 bits per heavy atom. The lowest BCUT2D eigenvalue weighted by atomic mass is 10.2. The SMILES string of the molecule is CCOC(=O)c1nnn2c1c(=O)n(CCN1CCOCC1)c1c(=O)n(-c3ccc(C(F)(F)F)cc3)ncc12. The number of carbonyl (C=O) groups excluding carboxylic acids is 1. The molecule has 0 aliphatic carbocycles. The molecule has 0 unspecified atom stereocenters. The Morgan fingerprint density at radius 2 is 1.76 bits per heavy atom. The average Bonchev–Trinajstić information content (AvgIpc) is 3.35. The molecule has 4 aromatic rings. The highest BCUT2D eigenvalue weighted by molar-refractivity contribution is 5.95. The number of morpholine rings is 1. The number of alkyl halides is 3. The van der Waals surface area contributed by atoms with Crippen LogP contribution in [0.4, 0.5) is 13.2 Å². The van der Waals surface area contributed by atoms with Gasteiger partial charge in [-0.3, -0.25) is 19.1 Å². The monoisotopic (exact) mass is 533 g/mol. The van der Waals surface area contributed by atoms with Gasteiger partial charge in [0.2, 0.25) is 5.69 Å². The Kier molecular flexibility index (Phi) is 6.71. The van der Waals surface area contributed by atoms with Crippen molar-refractivity contribution in [3.8, 4) is 5.69 Å². The van der Waals surface area contributed by atoms with E-state index in [1.54, 1.807) is 6.92 Å². The zero-order valence-corrected chi connectivity index (χ0v) is 20.1. The Bertz CT molecular complexity index is 1620. The van der Waals surface area contributed by atoms with E-state index in [9.17, 15) is 27.6 Å². The molecule has 15 heteroatoms. The second kappa shape index (κ2) is 9.98. The average molecular weight is 533 g/mol. The molecule has 200 valence electrons. The van der Waals surface area contributed by atoms with Crippen molar-refractivity contribution in [2.75, 3.05) is 39.5 Å². The maximum Gasteiger partial charge on any atom is 0.416 e. The van der Waals surface area contributed by atoms with Gasteiger partial charge in [0.1, 0.15) is 11.0 Å². The Morgan fingerprint density at radius 3 is 2.42 bits per heavy atom. The summed E-state index contributed by atoms with van der Waals surface area (Å²) in [6, 6.07) is 3.91. The van der Waals surface area contributed by atoms with Crippen LogP contribution in [0.25, 0.3) is 22.2 Å². The number of hydrogen-bond donors (Lipinski definition) is 0. The van der Waals surface area contributed by atoms with E-state index in [4.69, 9.17) is 9.47 Å². The van der Waals surface area contributed by atoms with Crippen LogP contribution in [-0.2, 0) is 22.2 Å². The summed E-state index contributed by atoms with van der Waals surface area (Å²) in [6.45, 7) is 4.45. The molecular formula is C23H22F3N7O5. The van der Waals surface area contributed by atoms with E-state index in [0.717, 1.165) is 33.5 Å². The largest absolute Gasteiger partial charge is 0.461 e. The number of fused-ring (bicyclic) bond motifs is 3. The van der Waals surface area contributed by atoms with Crippen LogP contribution in [0.2, 0.25) is 0 Å². The maximum absolute atomic E-state index is 13.7. The van der Waals surface area contributed by atoms with Crippen LogP contribution >= 0.6 is 0 Å². The van der Waals surface area contributed by atoms with Gasteiger partial charge < -0.3 is 9.47 Å². The van der Waals surface area contributed by atoms with Gasteiger partial charge in [0.15, 0.2) is 5.52 Å². The number of aromatic nitrogens is 6. The molecule has 1 aliphatic rings. The number of ether oxygens (including phenoxy) is 2. The van der Waals surface area contributed by atoms with Crippen molar-refractivity contribution in [2.45, 2.75) is 19.6 Å². The van der Waals surface area contributed by atoms with E-state index in [0.29, 0.717) is 32.8 Å². The number of rotatable bonds is 6. The van der Waals surface area contributed by atoms with Crippen molar-refractivity contribution in [1.29, 1.82) is 0 Å². The van der Waals surface area contributed by atoms with Crippen LogP contribution < -0.4 is 11.1 Å². The number of esters is 1. The van der Waals surface area contributed by atoms with Crippen molar-refractivity contribution < 1.29 is 27.4 Å². The summed E-state index contributed by atoms with van der Waals surface area (Å²) in [7, 11) is 0. The summed E-state index contributed by atoms with van der Waals surface area (Å²) in [4.78, 5) is 41.8. The van der Waals surface area contributed by atoms with E-state index in [-0.39, 0.29) is 41.1 Å². The van der Waals surface area contributed by atoms with Crippen molar-refractivity contribution in [3.63, 3.8) is 0 Å². The zero-order chi connectivity index (χ0) is 27.0. The van der Waals surface area contributed by atoms with Gasteiger partial charge in [0.05, 0.1) is 37.3 Å². The van der Waals surface area contributed by atoms with Gasteiger partial charge in [-0.2, -0.15) is 23.0 Å². The van der Waals surface area contributed by atoms with Crippen LogP contribution in [0.3, 0.4) is 0 Å². The fourth-order valence-corrected chi connectivity index (χ4v) is 4.31. The molecular weight excluding hydrogens is 511 g/mol. The van der Waals surface area contributed by atoms with Crippen LogP contribution in [0.1, 0.15) is 23.0 Å². The highest BCUT2D eigenvalue weighted by Gasteiger charge is 2.30. The molecule has 4 heterocycles. The van der Waals surface area contributed by atoms with Crippen LogP contribution in [0.15, 0.2) is 40.1 Å². The number of hydrogen-bond acceptors (Lipinski definition) is 9.